The Balaban J connectivity index is 2.29. The molecule has 19 heavy (non-hydrogen) atoms. The molecule has 2 heteroatoms. The van der Waals surface area contributed by atoms with Crippen LogP contribution < -0.4 is 5.32 Å². The maximum atomic E-state index is 3.62. The lowest BCUT2D eigenvalue weighted by atomic mass is 10.1. The number of nitrogens with one attached hydrogen (secondary N) is 1. The van der Waals surface area contributed by atoms with E-state index in [4.69, 9.17) is 0 Å². The van der Waals surface area contributed by atoms with Crippen LogP contribution in [0.1, 0.15) is 46.1 Å². The predicted octanol–water partition coefficient (Wildman–Crippen LogP) is 4.52. The standard InChI is InChI=1S/C17H29NS/c1-5-18-16(14-19-17(2,3)4)13-9-12-15-10-7-6-8-11-15/h6-8,10-11,16,18H,5,9,12-14H2,1-4H3. The van der Waals surface area contributed by atoms with E-state index in [2.05, 4.69) is 75.1 Å². The van der Waals surface area contributed by atoms with Crippen LogP contribution in [0.2, 0.25) is 0 Å². The van der Waals surface area contributed by atoms with Crippen molar-refractivity contribution in [3.8, 4) is 0 Å². The van der Waals surface area contributed by atoms with E-state index in [0.717, 1.165) is 6.54 Å². The van der Waals surface area contributed by atoms with Gasteiger partial charge in [0.05, 0.1) is 0 Å². The molecule has 0 amide bonds. The number of rotatable bonds is 8. The fraction of sp³-hybridized carbons (Fsp3) is 0.647. The monoisotopic (exact) mass is 279 g/mol. The summed E-state index contributed by atoms with van der Waals surface area (Å²) in [5.41, 5.74) is 1.46. The average molecular weight is 279 g/mol. The topological polar surface area (TPSA) is 12.0 Å². The number of hydrogen-bond acceptors (Lipinski definition) is 2. The normalized spacial score (nSPS) is 13.5. The minimum atomic E-state index is 0.368. The first-order chi connectivity index (χ1) is 9.01. The van der Waals surface area contributed by atoms with Crippen molar-refractivity contribution < 1.29 is 0 Å². The van der Waals surface area contributed by atoms with Crippen molar-refractivity contribution >= 4 is 11.8 Å². The molecular weight excluding hydrogens is 250 g/mol. The third-order valence-corrected chi connectivity index (χ3v) is 4.51. The Morgan fingerprint density at radius 1 is 1.16 bits per heavy atom. The third kappa shape index (κ3) is 8.33. The Morgan fingerprint density at radius 3 is 2.42 bits per heavy atom. The van der Waals surface area contributed by atoms with Gasteiger partial charge in [-0.15, -0.1) is 0 Å². The van der Waals surface area contributed by atoms with Gasteiger partial charge in [0, 0.05) is 16.5 Å². The molecule has 0 fully saturated rings. The summed E-state index contributed by atoms with van der Waals surface area (Å²) in [5.74, 6) is 1.21. The van der Waals surface area contributed by atoms with Gasteiger partial charge >= 0.3 is 0 Å². The molecule has 0 saturated heterocycles. The molecule has 0 aliphatic heterocycles. The third-order valence-electron chi connectivity index (χ3n) is 3.07. The summed E-state index contributed by atoms with van der Waals surface area (Å²) < 4.78 is 0.368. The molecule has 0 aliphatic carbocycles. The Morgan fingerprint density at radius 2 is 1.84 bits per heavy atom. The first-order valence-electron chi connectivity index (χ1n) is 7.42. The van der Waals surface area contributed by atoms with E-state index in [-0.39, 0.29) is 0 Å². The molecule has 1 rings (SSSR count). The van der Waals surface area contributed by atoms with Crippen molar-refractivity contribution in [3.05, 3.63) is 35.9 Å². The van der Waals surface area contributed by atoms with E-state index >= 15 is 0 Å². The van der Waals surface area contributed by atoms with Crippen LogP contribution >= 0.6 is 11.8 Å². The van der Waals surface area contributed by atoms with Gasteiger partial charge in [-0.3, -0.25) is 0 Å². The van der Waals surface area contributed by atoms with Gasteiger partial charge in [-0.2, -0.15) is 11.8 Å². The van der Waals surface area contributed by atoms with E-state index in [1.54, 1.807) is 0 Å². The van der Waals surface area contributed by atoms with E-state index in [1.807, 2.05) is 0 Å². The average Bonchev–Trinajstić information content (AvgIpc) is 2.36. The minimum absolute atomic E-state index is 0.368. The highest BCUT2D eigenvalue weighted by atomic mass is 32.2. The van der Waals surface area contributed by atoms with Crippen LogP contribution in [0.25, 0.3) is 0 Å². The van der Waals surface area contributed by atoms with Crippen LogP contribution in [0, 0.1) is 0 Å². The predicted molar refractivity (Wildman–Crippen MR) is 89.1 cm³/mol. The number of hydrogen-bond donors (Lipinski definition) is 1. The number of benzene rings is 1. The van der Waals surface area contributed by atoms with Gasteiger partial charge in [-0.25, -0.2) is 0 Å². The van der Waals surface area contributed by atoms with Crippen LogP contribution in [0.15, 0.2) is 30.3 Å². The molecule has 0 spiro atoms. The molecule has 0 heterocycles. The molecular formula is C17H29NS. The summed E-state index contributed by atoms with van der Waals surface area (Å²) >= 11 is 2.07. The fourth-order valence-corrected chi connectivity index (χ4v) is 3.07. The summed E-state index contributed by atoms with van der Waals surface area (Å²) in [4.78, 5) is 0. The molecule has 0 aromatic heterocycles. The highest BCUT2D eigenvalue weighted by Crippen LogP contribution is 2.24. The van der Waals surface area contributed by atoms with Crippen molar-refractivity contribution in [2.75, 3.05) is 12.3 Å². The second-order valence-electron chi connectivity index (χ2n) is 6.06. The zero-order chi connectivity index (χ0) is 14.1. The molecule has 1 atom stereocenters. The number of thioether (sulfide) groups is 1. The van der Waals surface area contributed by atoms with Gasteiger partial charge in [0.2, 0.25) is 0 Å². The van der Waals surface area contributed by atoms with E-state index in [0.29, 0.717) is 10.8 Å². The molecule has 0 bridgehead atoms. The van der Waals surface area contributed by atoms with Gasteiger partial charge in [0.15, 0.2) is 0 Å². The Hall–Kier alpha value is -0.470. The molecule has 1 aromatic rings. The molecule has 1 N–H and O–H groups in total. The quantitative estimate of drug-likeness (QED) is 0.751. The van der Waals surface area contributed by atoms with Gasteiger partial charge < -0.3 is 5.32 Å². The maximum Gasteiger partial charge on any atom is 0.0158 e. The Bertz CT molecular complexity index is 329. The molecule has 1 aromatic carbocycles. The molecule has 0 saturated carbocycles. The lowest BCUT2D eigenvalue weighted by Crippen LogP contribution is -2.32. The number of aryl methyl sites for hydroxylation is 1. The highest BCUT2D eigenvalue weighted by molar-refractivity contribution is 8.00. The van der Waals surface area contributed by atoms with E-state index < -0.39 is 0 Å². The molecule has 108 valence electrons. The largest absolute Gasteiger partial charge is 0.313 e. The first-order valence-corrected chi connectivity index (χ1v) is 8.41. The summed E-state index contributed by atoms with van der Waals surface area (Å²) in [7, 11) is 0. The second-order valence-corrected chi connectivity index (χ2v) is 7.90. The van der Waals surface area contributed by atoms with Crippen molar-refractivity contribution in [3.63, 3.8) is 0 Å². The van der Waals surface area contributed by atoms with Gasteiger partial charge in [0.25, 0.3) is 0 Å². The zero-order valence-electron chi connectivity index (χ0n) is 12.9. The summed E-state index contributed by atoms with van der Waals surface area (Å²) in [6, 6.07) is 11.5. The zero-order valence-corrected chi connectivity index (χ0v) is 13.7. The highest BCUT2D eigenvalue weighted by Gasteiger charge is 2.14. The summed E-state index contributed by atoms with van der Waals surface area (Å²) in [5, 5.41) is 3.62. The Kier molecular flexibility index (Phi) is 7.55. The van der Waals surface area contributed by atoms with E-state index in [1.165, 1.54) is 30.6 Å². The lowest BCUT2D eigenvalue weighted by molar-refractivity contribution is 0.517. The summed E-state index contributed by atoms with van der Waals surface area (Å²) in [6.07, 6.45) is 3.74. The van der Waals surface area contributed by atoms with Gasteiger partial charge in [-0.05, 0) is 31.4 Å². The second kappa shape index (κ2) is 8.65. The molecule has 0 radical (unpaired) electrons. The van der Waals surface area contributed by atoms with Crippen LogP contribution in [0.5, 0.6) is 0 Å². The van der Waals surface area contributed by atoms with Crippen molar-refractivity contribution in [1.29, 1.82) is 0 Å². The SMILES string of the molecule is CCNC(CCCc1ccccc1)CSC(C)(C)C. The van der Waals surface area contributed by atoms with Crippen LogP contribution in [-0.4, -0.2) is 23.1 Å². The molecule has 1 nitrogen and oxygen atoms in total. The van der Waals surface area contributed by atoms with Gasteiger partial charge in [-0.1, -0.05) is 58.0 Å². The van der Waals surface area contributed by atoms with Crippen LogP contribution in [0.4, 0.5) is 0 Å². The van der Waals surface area contributed by atoms with Crippen molar-refractivity contribution in [2.45, 2.75) is 57.7 Å². The smallest absolute Gasteiger partial charge is 0.0158 e. The Labute approximate surface area is 123 Å². The lowest BCUT2D eigenvalue weighted by Gasteiger charge is -2.23. The fourth-order valence-electron chi connectivity index (χ4n) is 2.08. The first kappa shape index (κ1) is 16.6. The maximum absolute atomic E-state index is 3.62. The van der Waals surface area contributed by atoms with Crippen molar-refractivity contribution in [2.24, 2.45) is 0 Å². The molecule has 0 aliphatic rings. The van der Waals surface area contributed by atoms with Gasteiger partial charge in [0.1, 0.15) is 0 Å². The minimum Gasteiger partial charge on any atom is -0.313 e. The summed E-state index contributed by atoms with van der Waals surface area (Å²) in [6.45, 7) is 10.2. The van der Waals surface area contributed by atoms with Crippen LogP contribution in [0.3, 0.4) is 0 Å². The molecule has 1 unspecified atom stereocenters. The van der Waals surface area contributed by atoms with Crippen LogP contribution in [-0.2, 0) is 6.42 Å². The van der Waals surface area contributed by atoms with Crippen molar-refractivity contribution in [1.82, 2.24) is 5.32 Å². The van der Waals surface area contributed by atoms with E-state index in [9.17, 15) is 0 Å².